The Balaban J connectivity index is 1.86. The Morgan fingerprint density at radius 1 is 1.30 bits per heavy atom. The highest BCUT2D eigenvalue weighted by Crippen LogP contribution is 2.33. The first kappa shape index (κ1) is 13.6. The van der Waals surface area contributed by atoms with Gasteiger partial charge in [-0.15, -0.1) is 0 Å². The smallest absolute Gasteiger partial charge is 0.271 e. The zero-order valence-corrected chi connectivity index (χ0v) is 12.3. The maximum absolute atomic E-state index is 12.1. The van der Waals surface area contributed by atoms with Crippen LogP contribution < -0.4 is 5.32 Å². The van der Waals surface area contributed by atoms with Crippen LogP contribution in [-0.2, 0) is 12.8 Å². The van der Waals surface area contributed by atoms with Crippen molar-refractivity contribution in [2.24, 2.45) is 5.41 Å². The van der Waals surface area contributed by atoms with Crippen molar-refractivity contribution < 1.29 is 9.90 Å². The average molecular weight is 277 g/mol. The van der Waals surface area contributed by atoms with Gasteiger partial charge in [-0.05, 0) is 24.7 Å². The maximum atomic E-state index is 12.1. The normalized spacial score (nSPS) is 24.1. The minimum absolute atomic E-state index is 0.0228. The van der Waals surface area contributed by atoms with Gasteiger partial charge in [-0.2, -0.15) is 0 Å². The highest BCUT2D eigenvalue weighted by Gasteiger charge is 2.34. The monoisotopic (exact) mass is 277 g/mol. The highest BCUT2D eigenvalue weighted by molar-refractivity contribution is 5.93. The largest absolute Gasteiger partial charge is 0.389 e. The molecule has 0 spiro atoms. The van der Waals surface area contributed by atoms with Gasteiger partial charge in [0.25, 0.3) is 5.91 Å². The van der Waals surface area contributed by atoms with Crippen molar-refractivity contribution >= 4 is 5.91 Å². The highest BCUT2D eigenvalue weighted by atomic mass is 16.3. The summed E-state index contributed by atoms with van der Waals surface area (Å²) in [6, 6.07) is 0. The number of aromatic nitrogens is 2. The fourth-order valence-electron chi connectivity index (χ4n) is 3.33. The summed E-state index contributed by atoms with van der Waals surface area (Å²) in [4.78, 5) is 19.8. The minimum Gasteiger partial charge on any atom is -0.389 e. The third-order valence-electron chi connectivity index (χ3n) is 4.46. The van der Waals surface area contributed by atoms with Crippen LogP contribution in [0.2, 0.25) is 0 Å². The number of aromatic amines is 1. The fraction of sp³-hybridized carbons (Fsp3) is 0.733. The summed E-state index contributed by atoms with van der Waals surface area (Å²) in [5, 5.41) is 13.4. The summed E-state index contributed by atoms with van der Waals surface area (Å²) >= 11 is 0. The van der Waals surface area contributed by atoms with E-state index in [0.717, 1.165) is 43.6 Å². The van der Waals surface area contributed by atoms with Gasteiger partial charge in [-0.3, -0.25) is 4.79 Å². The van der Waals surface area contributed by atoms with E-state index in [0.29, 0.717) is 18.7 Å². The van der Waals surface area contributed by atoms with Crippen molar-refractivity contribution in [1.82, 2.24) is 15.3 Å². The van der Waals surface area contributed by atoms with E-state index in [1.807, 2.05) is 0 Å². The molecular weight excluding hydrogens is 254 g/mol. The number of nitrogens with zero attached hydrogens (tertiary/aromatic N) is 1. The van der Waals surface area contributed by atoms with Crippen molar-refractivity contribution in [2.45, 2.75) is 58.0 Å². The van der Waals surface area contributed by atoms with E-state index in [4.69, 9.17) is 0 Å². The second kappa shape index (κ2) is 4.58. The number of amides is 1. The Bertz CT molecular complexity index is 527. The molecule has 2 aliphatic rings. The van der Waals surface area contributed by atoms with Gasteiger partial charge in [0, 0.05) is 18.7 Å². The van der Waals surface area contributed by atoms with Crippen LogP contribution in [0, 0.1) is 5.41 Å². The molecule has 1 saturated carbocycles. The molecule has 3 N–H and O–H groups in total. The standard InChI is InChI=1S/C15H23N3O2/c1-14(2)7-10-12(13(19)16-9-14)18-11(17-10)8-15(20)5-3-4-6-15/h20H,3-9H2,1-2H3,(H,16,19)(H,17,18). The molecule has 1 fully saturated rings. The van der Waals surface area contributed by atoms with Gasteiger partial charge >= 0.3 is 0 Å². The number of hydrogen-bond acceptors (Lipinski definition) is 3. The second-order valence-corrected chi connectivity index (χ2v) is 7.14. The topological polar surface area (TPSA) is 78.0 Å². The molecule has 0 atom stereocenters. The third kappa shape index (κ3) is 2.59. The molecule has 3 rings (SSSR count). The number of imidazole rings is 1. The molecule has 1 aliphatic heterocycles. The Morgan fingerprint density at radius 3 is 2.70 bits per heavy atom. The van der Waals surface area contributed by atoms with Crippen molar-refractivity contribution in [2.75, 3.05) is 6.54 Å². The first-order valence-corrected chi connectivity index (χ1v) is 7.45. The summed E-state index contributed by atoms with van der Waals surface area (Å²) in [7, 11) is 0. The molecule has 110 valence electrons. The number of hydrogen-bond donors (Lipinski definition) is 3. The van der Waals surface area contributed by atoms with E-state index in [1.165, 1.54) is 0 Å². The number of rotatable bonds is 2. The van der Waals surface area contributed by atoms with Crippen LogP contribution in [-0.4, -0.2) is 33.1 Å². The van der Waals surface area contributed by atoms with Crippen LogP contribution in [0.25, 0.3) is 0 Å². The number of aliphatic hydroxyl groups is 1. The quantitative estimate of drug-likeness (QED) is 0.768. The van der Waals surface area contributed by atoms with Crippen LogP contribution in [0.5, 0.6) is 0 Å². The third-order valence-corrected chi connectivity index (χ3v) is 4.46. The van der Waals surface area contributed by atoms with Gasteiger partial charge < -0.3 is 15.4 Å². The lowest BCUT2D eigenvalue weighted by atomic mass is 9.88. The summed E-state index contributed by atoms with van der Waals surface area (Å²) < 4.78 is 0. The summed E-state index contributed by atoms with van der Waals surface area (Å²) in [6.07, 6.45) is 5.13. The van der Waals surface area contributed by atoms with E-state index in [1.54, 1.807) is 0 Å². The van der Waals surface area contributed by atoms with E-state index in [2.05, 4.69) is 29.1 Å². The molecule has 1 amide bonds. The molecule has 0 unspecified atom stereocenters. The van der Waals surface area contributed by atoms with Gasteiger partial charge in [0.2, 0.25) is 0 Å². The zero-order valence-electron chi connectivity index (χ0n) is 12.3. The van der Waals surface area contributed by atoms with Gasteiger partial charge in [-0.1, -0.05) is 26.7 Å². The Labute approximate surface area is 119 Å². The molecule has 1 aromatic heterocycles. The van der Waals surface area contributed by atoms with Crippen molar-refractivity contribution in [3.05, 3.63) is 17.2 Å². The molecule has 2 heterocycles. The lowest BCUT2D eigenvalue weighted by Crippen LogP contribution is -2.32. The minimum atomic E-state index is -0.636. The zero-order chi connectivity index (χ0) is 14.4. The Hall–Kier alpha value is -1.36. The predicted molar refractivity (Wildman–Crippen MR) is 75.5 cm³/mol. The van der Waals surface area contributed by atoms with Gasteiger partial charge in [0.1, 0.15) is 11.5 Å². The second-order valence-electron chi connectivity index (χ2n) is 7.14. The van der Waals surface area contributed by atoms with Gasteiger partial charge in [-0.25, -0.2) is 4.98 Å². The lowest BCUT2D eigenvalue weighted by molar-refractivity contribution is 0.0462. The van der Waals surface area contributed by atoms with Crippen LogP contribution in [0.15, 0.2) is 0 Å². The first-order valence-electron chi connectivity index (χ1n) is 7.45. The van der Waals surface area contributed by atoms with E-state index in [9.17, 15) is 9.90 Å². The van der Waals surface area contributed by atoms with Gasteiger partial charge in [0.15, 0.2) is 0 Å². The Kier molecular flexibility index (Phi) is 3.12. The van der Waals surface area contributed by atoms with E-state index < -0.39 is 5.60 Å². The van der Waals surface area contributed by atoms with E-state index in [-0.39, 0.29) is 11.3 Å². The molecule has 0 saturated heterocycles. The molecule has 20 heavy (non-hydrogen) atoms. The lowest BCUT2D eigenvalue weighted by Gasteiger charge is -2.22. The summed E-state index contributed by atoms with van der Waals surface area (Å²) in [6.45, 7) is 4.93. The van der Waals surface area contributed by atoms with Crippen molar-refractivity contribution in [3.63, 3.8) is 0 Å². The van der Waals surface area contributed by atoms with Crippen LogP contribution in [0.1, 0.15) is 61.5 Å². The molecule has 0 bridgehead atoms. The van der Waals surface area contributed by atoms with Crippen molar-refractivity contribution in [1.29, 1.82) is 0 Å². The van der Waals surface area contributed by atoms with Crippen LogP contribution in [0.4, 0.5) is 0 Å². The van der Waals surface area contributed by atoms with Crippen LogP contribution in [0.3, 0.4) is 0 Å². The predicted octanol–water partition coefficient (Wildman–Crippen LogP) is 1.57. The molecule has 0 aromatic carbocycles. The summed E-state index contributed by atoms with van der Waals surface area (Å²) in [5.74, 6) is 0.638. The molecule has 5 nitrogen and oxygen atoms in total. The van der Waals surface area contributed by atoms with E-state index >= 15 is 0 Å². The molecule has 0 radical (unpaired) electrons. The number of carbonyl (C=O) groups is 1. The fourth-order valence-corrected chi connectivity index (χ4v) is 3.33. The SMILES string of the molecule is CC1(C)CNC(=O)c2nc(CC3(O)CCCC3)[nH]c2C1. The van der Waals surface area contributed by atoms with Crippen LogP contribution >= 0.6 is 0 Å². The molecule has 1 aromatic rings. The number of H-pyrrole nitrogens is 1. The first-order chi connectivity index (χ1) is 9.37. The number of carbonyl (C=O) groups excluding carboxylic acids is 1. The average Bonchev–Trinajstić information content (AvgIpc) is 2.91. The number of nitrogens with one attached hydrogen (secondary N) is 2. The van der Waals surface area contributed by atoms with Gasteiger partial charge in [0.05, 0.1) is 5.60 Å². The summed E-state index contributed by atoms with van der Waals surface area (Å²) in [5.41, 5.74) is 0.797. The molecular formula is C15H23N3O2. The van der Waals surface area contributed by atoms with Crippen molar-refractivity contribution in [3.8, 4) is 0 Å². The maximum Gasteiger partial charge on any atom is 0.271 e. The molecule has 1 aliphatic carbocycles. The Morgan fingerprint density at radius 2 is 2.00 bits per heavy atom. The number of fused-ring (bicyclic) bond motifs is 1. The molecule has 5 heteroatoms.